The number of carboxylic acid groups (broad SMARTS) is 1. The Morgan fingerprint density at radius 2 is 1.19 bits per heavy atom. The fourth-order valence-electron chi connectivity index (χ4n) is 7.40. The molecule has 0 aliphatic carbocycles. The molecule has 2 aliphatic heterocycles. The molecule has 2 aliphatic rings. The lowest BCUT2D eigenvalue weighted by molar-refractivity contribution is 0.0292. The van der Waals surface area contributed by atoms with Crippen LogP contribution in [0.25, 0.3) is 21.8 Å². The van der Waals surface area contributed by atoms with Gasteiger partial charge in [-0.2, -0.15) is 0 Å². The molecule has 2 amide bonds. The summed E-state index contributed by atoms with van der Waals surface area (Å²) in [4.78, 5) is 43.9. The van der Waals surface area contributed by atoms with Crippen molar-refractivity contribution in [1.82, 2.24) is 29.7 Å². The molecule has 2 aromatic heterocycles. The van der Waals surface area contributed by atoms with E-state index >= 15 is 0 Å². The first-order chi connectivity index (χ1) is 29.6. The van der Waals surface area contributed by atoms with E-state index in [1.807, 2.05) is 57.2 Å². The van der Waals surface area contributed by atoms with E-state index in [0.717, 1.165) is 29.4 Å². The van der Waals surface area contributed by atoms with Gasteiger partial charge in [0.1, 0.15) is 29.9 Å². The molecule has 4 heterocycles. The summed E-state index contributed by atoms with van der Waals surface area (Å²) in [6, 6.07) is 17.7. The smallest absolute Gasteiger partial charge is 0.410 e. The normalized spacial score (nSPS) is 16.0. The van der Waals surface area contributed by atoms with Gasteiger partial charge in [-0.1, -0.05) is 47.2 Å². The zero-order valence-corrected chi connectivity index (χ0v) is 35.4. The van der Waals surface area contributed by atoms with E-state index in [1.54, 1.807) is 11.0 Å². The standard InChI is InChI=1S/C25H24ClFN4O2.C21H16ClFN4O2/c1-5-17-19(26)7-9-21(22(17)27)30-23-18-12-15(6-8-20(18)28-14-29-23)16-10-11-31(13-16)24(32)33-25(2,3)4;1-2-14-16(22)4-6-18(19(14)23)26-20-15-9-12(3-5-17(15)24-11-25-20)13-7-8-27(10-13)21(28)29/h1,6-9,12,14,16H,10-11,13H2,2-4H3,(H,28,29,30);1,3-6,9,11,13H,7-8,10H2,(H,28,29)(H,24,25,26)/t16-;/m0./s1. The number of fused-ring (bicyclic) bond motifs is 2. The first kappa shape index (κ1) is 43.4. The predicted molar refractivity (Wildman–Crippen MR) is 236 cm³/mol. The molecule has 316 valence electrons. The van der Waals surface area contributed by atoms with Crippen LogP contribution in [0.4, 0.5) is 41.4 Å². The number of carbonyl (C=O) groups is 2. The third kappa shape index (κ3) is 9.42. The lowest BCUT2D eigenvalue weighted by Gasteiger charge is -2.24. The SMILES string of the molecule is C#Cc1c(Cl)ccc(Nc2ncnc3ccc(C4CCN(C(=O)O)C4)cc23)c1F.C#Cc1c(Cl)ccc(Nc2ncnc3ccc([C@H]4CCN(C(=O)OC(C)(C)C)C4)cc23)c1F. The van der Waals surface area contributed by atoms with Gasteiger partial charge in [0.25, 0.3) is 0 Å². The van der Waals surface area contributed by atoms with E-state index in [4.69, 9.17) is 40.8 Å². The van der Waals surface area contributed by atoms with Gasteiger partial charge >= 0.3 is 12.2 Å². The summed E-state index contributed by atoms with van der Waals surface area (Å²) in [5, 5.41) is 17.0. The number of benzene rings is 4. The van der Waals surface area contributed by atoms with Crippen LogP contribution in [0.1, 0.15) is 67.7 Å². The second kappa shape index (κ2) is 18.1. The molecule has 2 fully saturated rings. The zero-order valence-electron chi connectivity index (χ0n) is 33.8. The van der Waals surface area contributed by atoms with Crippen LogP contribution >= 0.6 is 23.2 Å². The van der Waals surface area contributed by atoms with E-state index in [2.05, 4.69) is 42.4 Å². The highest BCUT2D eigenvalue weighted by atomic mass is 35.5. The number of carbonyl (C=O) groups excluding carboxylic acids is 1. The van der Waals surface area contributed by atoms with Crippen LogP contribution in [0, 0.1) is 36.3 Å². The second-order valence-electron chi connectivity index (χ2n) is 15.7. The maximum Gasteiger partial charge on any atom is 0.410 e. The topological polar surface area (TPSA) is 146 Å². The minimum Gasteiger partial charge on any atom is -0.465 e. The number of ether oxygens (including phenoxy) is 1. The van der Waals surface area contributed by atoms with E-state index < -0.39 is 23.3 Å². The number of hydrogen-bond donors (Lipinski definition) is 3. The Kier molecular flexibility index (Phi) is 12.6. The van der Waals surface area contributed by atoms with Crippen molar-refractivity contribution in [2.24, 2.45) is 0 Å². The Balaban J connectivity index is 0.000000188. The van der Waals surface area contributed by atoms with Gasteiger partial charge in [-0.05, 0) is 93.3 Å². The lowest BCUT2D eigenvalue weighted by Crippen LogP contribution is -2.35. The van der Waals surface area contributed by atoms with Gasteiger partial charge in [0, 0.05) is 48.8 Å². The van der Waals surface area contributed by atoms with E-state index in [0.29, 0.717) is 54.2 Å². The quantitative estimate of drug-likeness (QED) is 0.138. The Morgan fingerprint density at radius 3 is 1.61 bits per heavy atom. The molecule has 1 unspecified atom stereocenters. The molecule has 0 bridgehead atoms. The van der Waals surface area contributed by atoms with Crippen molar-refractivity contribution in [3.8, 4) is 24.7 Å². The third-order valence-corrected chi connectivity index (χ3v) is 11.2. The molecule has 2 saturated heterocycles. The van der Waals surface area contributed by atoms with Gasteiger partial charge in [0.2, 0.25) is 0 Å². The average molecular weight is 878 g/mol. The van der Waals surface area contributed by atoms with Crippen LogP contribution in [0.2, 0.25) is 10.0 Å². The van der Waals surface area contributed by atoms with Crippen molar-refractivity contribution in [3.05, 3.63) is 117 Å². The summed E-state index contributed by atoms with van der Waals surface area (Å²) < 4.78 is 35.0. The minimum absolute atomic E-state index is 0.00564. The van der Waals surface area contributed by atoms with Gasteiger partial charge in [0.15, 0.2) is 11.6 Å². The number of amides is 2. The van der Waals surface area contributed by atoms with Crippen molar-refractivity contribution in [3.63, 3.8) is 0 Å². The van der Waals surface area contributed by atoms with E-state index in [1.165, 1.54) is 35.8 Å². The molecule has 62 heavy (non-hydrogen) atoms. The number of rotatable bonds is 6. The van der Waals surface area contributed by atoms with E-state index in [9.17, 15) is 23.5 Å². The predicted octanol–water partition coefficient (Wildman–Crippen LogP) is 10.5. The molecule has 0 radical (unpaired) electrons. The Bertz CT molecular complexity index is 2810. The number of halogens is 4. The molecule has 0 spiro atoms. The number of terminal acetylenes is 2. The molecule has 3 N–H and O–H groups in total. The molecular weight excluding hydrogens is 837 g/mol. The zero-order chi connectivity index (χ0) is 44.3. The Hall–Kier alpha value is -6.74. The maximum atomic E-state index is 14.8. The minimum atomic E-state index is -0.915. The summed E-state index contributed by atoms with van der Waals surface area (Å²) in [6.45, 7) is 7.69. The van der Waals surface area contributed by atoms with Crippen LogP contribution in [0.3, 0.4) is 0 Å². The molecule has 8 rings (SSSR count). The van der Waals surface area contributed by atoms with Gasteiger partial charge in [0.05, 0.1) is 43.6 Å². The molecule has 12 nitrogen and oxygen atoms in total. The molecule has 6 aromatic rings. The number of aromatic nitrogens is 4. The average Bonchev–Trinajstić information content (AvgIpc) is 3.95. The molecular formula is C46H40Cl2F2N8O4. The number of nitrogens with zero attached hydrogens (tertiary/aromatic N) is 6. The van der Waals surface area contributed by atoms with Crippen molar-refractivity contribution in [1.29, 1.82) is 0 Å². The van der Waals surface area contributed by atoms with Crippen molar-refractivity contribution >= 4 is 80.2 Å². The first-order valence-electron chi connectivity index (χ1n) is 19.5. The highest BCUT2D eigenvalue weighted by molar-refractivity contribution is 6.32. The number of nitrogens with one attached hydrogen (secondary N) is 2. The summed E-state index contributed by atoms with van der Waals surface area (Å²) in [5.41, 5.74) is 3.21. The fourth-order valence-corrected chi connectivity index (χ4v) is 7.81. The van der Waals surface area contributed by atoms with Crippen LogP contribution in [-0.4, -0.2) is 78.8 Å². The Morgan fingerprint density at radius 1 is 0.742 bits per heavy atom. The highest BCUT2D eigenvalue weighted by Crippen LogP contribution is 2.35. The van der Waals surface area contributed by atoms with Gasteiger partial charge in [-0.25, -0.2) is 38.3 Å². The van der Waals surface area contributed by atoms with Crippen LogP contribution in [0.15, 0.2) is 73.3 Å². The third-order valence-electron chi connectivity index (χ3n) is 10.5. The van der Waals surface area contributed by atoms with Crippen LogP contribution in [-0.2, 0) is 4.74 Å². The molecule has 4 aromatic carbocycles. The van der Waals surface area contributed by atoms with Crippen molar-refractivity contribution < 1.29 is 28.2 Å². The van der Waals surface area contributed by atoms with Crippen molar-refractivity contribution in [2.75, 3.05) is 36.8 Å². The van der Waals surface area contributed by atoms with Crippen LogP contribution < -0.4 is 10.6 Å². The largest absolute Gasteiger partial charge is 0.465 e. The number of likely N-dealkylation sites (tertiary alicyclic amines) is 2. The van der Waals surface area contributed by atoms with Crippen molar-refractivity contribution in [2.45, 2.75) is 51.0 Å². The molecule has 0 saturated carbocycles. The Labute approximate surface area is 366 Å². The van der Waals surface area contributed by atoms with E-state index in [-0.39, 0.29) is 50.5 Å². The van der Waals surface area contributed by atoms with Crippen LogP contribution in [0.5, 0.6) is 0 Å². The maximum absolute atomic E-state index is 14.8. The number of anilines is 4. The summed E-state index contributed by atoms with van der Waals surface area (Å²) in [7, 11) is 0. The lowest BCUT2D eigenvalue weighted by atomic mass is 9.97. The number of hydrogen-bond acceptors (Lipinski definition) is 9. The molecule has 16 heteroatoms. The fraction of sp³-hybridized carbons (Fsp3) is 0.261. The molecule has 2 atom stereocenters. The van der Waals surface area contributed by atoms with Gasteiger partial charge in [-0.15, -0.1) is 12.8 Å². The van der Waals surface area contributed by atoms with Gasteiger partial charge in [-0.3, -0.25) is 0 Å². The summed E-state index contributed by atoms with van der Waals surface area (Å²) >= 11 is 11.9. The summed E-state index contributed by atoms with van der Waals surface area (Å²) in [5.74, 6) is 4.40. The second-order valence-corrected chi connectivity index (χ2v) is 16.5. The highest BCUT2D eigenvalue weighted by Gasteiger charge is 2.31. The first-order valence-corrected chi connectivity index (χ1v) is 20.3. The summed E-state index contributed by atoms with van der Waals surface area (Å²) in [6.07, 6.45) is 13.9. The van der Waals surface area contributed by atoms with Gasteiger partial charge < -0.3 is 30.3 Å². The monoisotopic (exact) mass is 876 g/mol.